The van der Waals surface area contributed by atoms with E-state index in [1.807, 2.05) is 4.90 Å². The summed E-state index contributed by atoms with van der Waals surface area (Å²) in [6, 6.07) is 7.01. The van der Waals surface area contributed by atoms with Gasteiger partial charge in [-0.25, -0.2) is 0 Å². The van der Waals surface area contributed by atoms with E-state index in [9.17, 15) is 9.59 Å². The molecule has 2 saturated heterocycles. The standard InChI is InChI=1S/C17H24N4O3/c18-15-3-1-2-14(12-15)17(23)21-6-4-20(5-7-21)16(22)13-19-8-10-24-11-9-19/h1-3,12H,4-11,13,18H2. The zero-order valence-corrected chi connectivity index (χ0v) is 13.8. The van der Waals surface area contributed by atoms with Crippen LogP contribution < -0.4 is 5.73 Å². The Hall–Kier alpha value is -2.12. The van der Waals surface area contributed by atoms with E-state index in [-0.39, 0.29) is 11.8 Å². The number of nitrogens with two attached hydrogens (primary N) is 1. The summed E-state index contributed by atoms with van der Waals surface area (Å²) < 4.78 is 5.30. The lowest BCUT2D eigenvalue weighted by molar-refractivity contribution is -0.134. The van der Waals surface area contributed by atoms with E-state index in [4.69, 9.17) is 10.5 Å². The Bertz CT molecular complexity index is 593. The monoisotopic (exact) mass is 332 g/mol. The fraction of sp³-hybridized carbons (Fsp3) is 0.529. The van der Waals surface area contributed by atoms with Crippen molar-refractivity contribution in [3.63, 3.8) is 0 Å². The molecule has 0 spiro atoms. The molecule has 0 radical (unpaired) electrons. The van der Waals surface area contributed by atoms with Crippen LogP contribution in [0, 0.1) is 0 Å². The molecule has 0 unspecified atom stereocenters. The maximum Gasteiger partial charge on any atom is 0.254 e. The largest absolute Gasteiger partial charge is 0.399 e. The number of benzene rings is 1. The number of rotatable bonds is 3. The van der Waals surface area contributed by atoms with Crippen LogP contribution in [-0.4, -0.2) is 85.5 Å². The molecule has 0 aromatic heterocycles. The Morgan fingerprint density at radius 1 is 1.00 bits per heavy atom. The summed E-state index contributed by atoms with van der Waals surface area (Å²) in [6.45, 7) is 5.71. The van der Waals surface area contributed by atoms with E-state index in [1.54, 1.807) is 29.2 Å². The van der Waals surface area contributed by atoms with Gasteiger partial charge in [0, 0.05) is 50.5 Å². The van der Waals surface area contributed by atoms with Gasteiger partial charge in [-0.15, -0.1) is 0 Å². The highest BCUT2D eigenvalue weighted by atomic mass is 16.5. The first-order valence-corrected chi connectivity index (χ1v) is 8.36. The van der Waals surface area contributed by atoms with Gasteiger partial charge in [0.1, 0.15) is 0 Å². The molecule has 2 fully saturated rings. The van der Waals surface area contributed by atoms with Gasteiger partial charge in [-0.1, -0.05) is 6.07 Å². The average molecular weight is 332 g/mol. The first kappa shape index (κ1) is 16.7. The summed E-state index contributed by atoms with van der Waals surface area (Å²) >= 11 is 0. The molecular formula is C17H24N4O3. The van der Waals surface area contributed by atoms with E-state index in [1.165, 1.54) is 0 Å². The lowest BCUT2D eigenvalue weighted by Gasteiger charge is -2.36. The predicted octanol–water partition coefficient (Wildman–Crippen LogP) is -0.115. The van der Waals surface area contributed by atoms with Gasteiger partial charge in [0.25, 0.3) is 5.91 Å². The van der Waals surface area contributed by atoms with Gasteiger partial charge in [0.2, 0.25) is 5.91 Å². The Kier molecular flexibility index (Phi) is 5.32. The highest BCUT2D eigenvalue weighted by Gasteiger charge is 2.26. The topological polar surface area (TPSA) is 79.1 Å². The highest BCUT2D eigenvalue weighted by Crippen LogP contribution is 2.12. The van der Waals surface area contributed by atoms with Crippen LogP contribution in [0.4, 0.5) is 5.69 Å². The average Bonchev–Trinajstić information content (AvgIpc) is 2.62. The number of anilines is 1. The first-order valence-electron chi connectivity index (χ1n) is 8.36. The number of nitrogens with zero attached hydrogens (tertiary/aromatic N) is 3. The quantitative estimate of drug-likeness (QED) is 0.781. The predicted molar refractivity (Wildman–Crippen MR) is 90.6 cm³/mol. The minimum Gasteiger partial charge on any atom is -0.399 e. The molecule has 3 rings (SSSR count). The maximum absolute atomic E-state index is 12.5. The summed E-state index contributed by atoms with van der Waals surface area (Å²) in [5.41, 5.74) is 6.92. The number of nitrogen functional groups attached to an aromatic ring is 1. The van der Waals surface area contributed by atoms with E-state index in [0.717, 1.165) is 13.1 Å². The second-order valence-electron chi connectivity index (χ2n) is 6.19. The molecule has 0 bridgehead atoms. The third-order valence-electron chi connectivity index (χ3n) is 4.52. The van der Waals surface area contributed by atoms with E-state index < -0.39 is 0 Å². The summed E-state index contributed by atoms with van der Waals surface area (Å²) in [6.07, 6.45) is 0. The molecule has 0 saturated carbocycles. The molecular weight excluding hydrogens is 308 g/mol. The molecule has 0 atom stereocenters. The molecule has 1 aromatic carbocycles. The lowest BCUT2D eigenvalue weighted by Crippen LogP contribution is -2.53. The van der Waals surface area contributed by atoms with Crippen molar-refractivity contribution in [1.29, 1.82) is 0 Å². The van der Waals surface area contributed by atoms with Gasteiger partial charge in [-0.2, -0.15) is 0 Å². The zero-order valence-electron chi connectivity index (χ0n) is 13.8. The Morgan fingerprint density at radius 3 is 2.33 bits per heavy atom. The third kappa shape index (κ3) is 4.04. The Balaban J connectivity index is 1.50. The maximum atomic E-state index is 12.5. The normalized spacial score (nSPS) is 19.3. The number of morpholine rings is 1. The molecule has 130 valence electrons. The van der Waals surface area contributed by atoms with Crippen molar-refractivity contribution in [2.24, 2.45) is 0 Å². The van der Waals surface area contributed by atoms with Gasteiger partial charge in [0.05, 0.1) is 19.8 Å². The van der Waals surface area contributed by atoms with Crippen LogP contribution in [0.25, 0.3) is 0 Å². The fourth-order valence-corrected chi connectivity index (χ4v) is 3.06. The molecule has 7 heteroatoms. The number of amides is 2. The van der Waals surface area contributed by atoms with Crippen LogP contribution in [0.5, 0.6) is 0 Å². The minimum absolute atomic E-state index is 0.0254. The molecule has 0 aliphatic carbocycles. The summed E-state index contributed by atoms with van der Waals surface area (Å²) in [4.78, 5) is 30.6. The van der Waals surface area contributed by atoms with Gasteiger partial charge < -0.3 is 20.3 Å². The molecule has 2 heterocycles. The van der Waals surface area contributed by atoms with Gasteiger partial charge >= 0.3 is 0 Å². The van der Waals surface area contributed by atoms with E-state index in [2.05, 4.69) is 4.90 Å². The van der Waals surface area contributed by atoms with Crippen LogP contribution in [0.2, 0.25) is 0 Å². The number of carbonyl (C=O) groups is 2. The smallest absolute Gasteiger partial charge is 0.254 e. The van der Waals surface area contributed by atoms with E-state index >= 15 is 0 Å². The highest BCUT2D eigenvalue weighted by molar-refractivity contribution is 5.95. The molecule has 1 aromatic rings. The van der Waals surface area contributed by atoms with Crippen LogP contribution in [-0.2, 0) is 9.53 Å². The molecule has 2 aliphatic heterocycles. The minimum atomic E-state index is -0.0254. The van der Waals surface area contributed by atoms with Crippen molar-refractivity contribution in [1.82, 2.24) is 14.7 Å². The van der Waals surface area contributed by atoms with Crippen LogP contribution >= 0.6 is 0 Å². The number of carbonyl (C=O) groups excluding carboxylic acids is 2. The molecule has 2 amide bonds. The van der Waals surface area contributed by atoms with Crippen molar-refractivity contribution >= 4 is 17.5 Å². The first-order chi connectivity index (χ1) is 11.6. The Morgan fingerprint density at radius 2 is 1.67 bits per heavy atom. The van der Waals surface area contributed by atoms with Crippen molar-refractivity contribution < 1.29 is 14.3 Å². The van der Waals surface area contributed by atoms with Gasteiger partial charge in [0.15, 0.2) is 0 Å². The lowest BCUT2D eigenvalue weighted by atomic mass is 10.1. The number of ether oxygens (including phenoxy) is 1. The molecule has 24 heavy (non-hydrogen) atoms. The van der Waals surface area contributed by atoms with Gasteiger partial charge in [-0.3, -0.25) is 14.5 Å². The summed E-state index contributed by atoms with van der Waals surface area (Å²) in [5.74, 6) is 0.107. The second kappa shape index (κ2) is 7.63. The Labute approximate surface area is 141 Å². The number of hydrogen-bond acceptors (Lipinski definition) is 5. The molecule has 2 N–H and O–H groups in total. The summed E-state index contributed by atoms with van der Waals surface area (Å²) in [7, 11) is 0. The van der Waals surface area contributed by atoms with Gasteiger partial charge in [-0.05, 0) is 18.2 Å². The van der Waals surface area contributed by atoms with Crippen molar-refractivity contribution in [2.45, 2.75) is 0 Å². The molecule has 7 nitrogen and oxygen atoms in total. The molecule has 2 aliphatic rings. The van der Waals surface area contributed by atoms with Crippen molar-refractivity contribution in [3.8, 4) is 0 Å². The third-order valence-corrected chi connectivity index (χ3v) is 4.52. The fourth-order valence-electron chi connectivity index (χ4n) is 3.06. The summed E-state index contributed by atoms with van der Waals surface area (Å²) in [5, 5.41) is 0. The van der Waals surface area contributed by atoms with Crippen LogP contribution in [0.15, 0.2) is 24.3 Å². The number of piperazine rings is 1. The van der Waals surface area contributed by atoms with E-state index in [0.29, 0.717) is 57.2 Å². The van der Waals surface area contributed by atoms with Crippen LogP contribution in [0.3, 0.4) is 0 Å². The van der Waals surface area contributed by atoms with Crippen LogP contribution in [0.1, 0.15) is 10.4 Å². The van der Waals surface area contributed by atoms with Crippen molar-refractivity contribution in [3.05, 3.63) is 29.8 Å². The van der Waals surface area contributed by atoms with Crippen molar-refractivity contribution in [2.75, 3.05) is 64.8 Å². The number of hydrogen-bond donors (Lipinski definition) is 1. The zero-order chi connectivity index (χ0) is 16.9. The second-order valence-corrected chi connectivity index (χ2v) is 6.19. The SMILES string of the molecule is Nc1cccc(C(=O)N2CCN(C(=O)CN3CCOCC3)CC2)c1.